The number of carbonyl (C=O) groups excluding carboxylic acids is 1. The van der Waals surface area contributed by atoms with E-state index in [9.17, 15) is 4.79 Å². The number of thioether (sulfide) groups is 1. The van der Waals surface area contributed by atoms with Crippen LogP contribution in [0.4, 0.5) is 11.4 Å². The van der Waals surface area contributed by atoms with Crippen LogP contribution in [-0.4, -0.2) is 47.7 Å². The normalized spacial score (nSPS) is 15.3. The molecular weight excluding hydrogens is 392 g/mol. The smallest absolute Gasteiger partial charge is 0.277 e. The molecule has 1 N–H and O–H groups in total. The van der Waals surface area contributed by atoms with E-state index in [-0.39, 0.29) is 5.91 Å². The van der Waals surface area contributed by atoms with Crippen molar-refractivity contribution in [2.45, 2.75) is 24.3 Å². The quantitative estimate of drug-likeness (QED) is 0.612. The fourth-order valence-electron chi connectivity index (χ4n) is 3.00. The number of aromatic nitrogens is 2. The zero-order chi connectivity index (χ0) is 20.2. The zero-order valence-corrected chi connectivity index (χ0v) is 17.1. The number of furan rings is 1. The van der Waals surface area contributed by atoms with Gasteiger partial charge in [0, 0.05) is 24.5 Å². The molecule has 1 fully saturated rings. The molecule has 1 aliphatic heterocycles. The lowest BCUT2D eigenvalue weighted by molar-refractivity contribution is -0.115. The fraction of sp³-hybridized carbons (Fsp3) is 0.350. The molecule has 0 bridgehead atoms. The van der Waals surface area contributed by atoms with Crippen LogP contribution >= 0.6 is 11.8 Å². The van der Waals surface area contributed by atoms with E-state index in [1.54, 1.807) is 19.3 Å². The van der Waals surface area contributed by atoms with Gasteiger partial charge >= 0.3 is 0 Å². The van der Waals surface area contributed by atoms with Crippen molar-refractivity contribution in [3.8, 4) is 11.5 Å². The maximum absolute atomic E-state index is 12.5. The van der Waals surface area contributed by atoms with Gasteiger partial charge in [-0.3, -0.25) is 4.79 Å². The largest absolute Gasteiger partial charge is 0.469 e. The van der Waals surface area contributed by atoms with Crippen molar-refractivity contribution in [2.24, 2.45) is 0 Å². The topological polar surface area (TPSA) is 93.6 Å². The Morgan fingerprint density at radius 2 is 1.93 bits per heavy atom. The highest BCUT2D eigenvalue weighted by Gasteiger charge is 2.20. The predicted octanol–water partition coefficient (Wildman–Crippen LogP) is 3.59. The third-order valence-electron chi connectivity index (χ3n) is 4.65. The molecule has 0 radical (unpaired) electrons. The van der Waals surface area contributed by atoms with Crippen LogP contribution in [0, 0.1) is 6.92 Å². The minimum atomic E-state index is -0.396. The van der Waals surface area contributed by atoms with Crippen molar-refractivity contribution in [3.63, 3.8) is 0 Å². The van der Waals surface area contributed by atoms with Crippen molar-refractivity contribution in [1.29, 1.82) is 0 Å². The van der Waals surface area contributed by atoms with Gasteiger partial charge in [0.15, 0.2) is 0 Å². The van der Waals surface area contributed by atoms with Crippen molar-refractivity contribution in [2.75, 3.05) is 36.5 Å². The van der Waals surface area contributed by atoms with Crippen LogP contribution < -0.4 is 10.2 Å². The molecule has 1 aliphatic rings. The molecule has 0 aliphatic carbocycles. The summed E-state index contributed by atoms with van der Waals surface area (Å²) in [5.74, 6) is 0.954. The Hall–Kier alpha value is -2.78. The molecule has 2 aromatic heterocycles. The van der Waals surface area contributed by atoms with Gasteiger partial charge in [-0.2, -0.15) is 0 Å². The van der Waals surface area contributed by atoms with E-state index in [1.807, 2.05) is 31.2 Å². The van der Waals surface area contributed by atoms with E-state index >= 15 is 0 Å². The molecule has 152 valence electrons. The highest BCUT2D eigenvalue weighted by atomic mass is 32.2. The summed E-state index contributed by atoms with van der Waals surface area (Å²) < 4.78 is 16.3. The predicted molar refractivity (Wildman–Crippen MR) is 110 cm³/mol. The Bertz CT molecular complexity index is 963. The summed E-state index contributed by atoms with van der Waals surface area (Å²) in [6, 6.07) is 9.61. The highest BCUT2D eigenvalue weighted by Crippen LogP contribution is 2.29. The Morgan fingerprint density at radius 1 is 1.17 bits per heavy atom. The number of aryl methyl sites for hydroxylation is 1. The van der Waals surface area contributed by atoms with E-state index in [0.717, 1.165) is 43.2 Å². The van der Waals surface area contributed by atoms with Crippen LogP contribution in [0.15, 0.2) is 50.7 Å². The summed E-state index contributed by atoms with van der Waals surface area (Å²) in [6.07, 6.45) is 1.57. The zero-order valence-electron chi connectivity index (χ0n) is 16.3. The highest BCUT2D eigenvalue weighted by molar-refractivity contribution is 8.00. The van der Waals surface area contributed by atoms with E-state index in [4.69, 9.17) is 13.6 Å². The standard InChI is InChI=1S/C20H22N4O4S/c1-13-17(7-10-27-13)19-22-23-20(28-19)29-14(2)18(25)21-15-3-5-16(6-4-15)24-8-11-26-12-9-24/h3-7,10,14H,8-9,11-12H2,1-2H3,(H,21,25)/t14-/m1/s1. The SMILES string of the molecule is Cc1occc1-c1nnc(S[C@H](C)C(=O)Nc2ccc(N3CCOCC3)cc2)o1. The van der Waals surface area contributed by atoms with Gasteiger partial charge in [0.2, 0.25) is 5.91 Å². The van der Waals surface area contributed by atoms with Gasteiger partial charge in [-0.15, -0.1) is 10.2 Å². The monoisotopic (exact) mass is 414 g/mol. The molecule has 4 rings (SSSR count). The van der Waals surface area contributed by atoms with Gasteiger partial charge < -0.3 is 23.8 Å². The van der Waals surface area contributed by atoms with Gasteiger partial charge in [-0.05, 0) is 44.2 Å². The summed E-state index contributed by atoms with van der Waals surface area (Å²) in [5, 5.41) is 10.9. The second kappa shape index (κ2) is 8.71. The van der Waals surface area contributed by atoms with Crippen LogP contribution in [0.1, 0.15) is 12.7 Å². The number of carbonyl (C=O) groups is 1. The minimum absolute atomic E-state index is 0.131. The molecule has 29 heavy (non-hydrogen) atoms. The van der Waals surface area contributed by atoms with Crippen LogP contribution in [0.5, 0.6) is 0 Å². The van der Waals surface area contributed by atoms with E-state index in [2.05, 4.69) is 20.4 Å². The molecule has 8 nitrogen and oxygen atoms in total. The molecule has 1 saturated heterocycles. The van der Waals surface area contributed by atoms with Gasteiger partial charge in [0.1, 0.15) is 5.76 Å². The third-order valence-corrected chi connectivity index (χ3v) is 5.59. The van der Waals surface area contributed by atoms with Crippen molar-refractivity contribution in [1.82, 2.24) is 10.2 Å². The number of ether oxygens (including phenoxy) is 1. The maximum Gasteiger partial charge on any atom is 0.277 e. The lowest BCUT2D eigenvalue weighted by Gasteiger charge is -2.28. The Balaban J connectivity index is 1.33. The van der Waals surface area contributed by atoms with Crippen LogP contribution in [0.25, 0.3) is 11.5 Å². The number of nitrogens with zero attached hydrogens (tertiary/aromatic N) is 3. The van der Waals surface area contributed by atoms with Crippen LogP contribution in [0.2, 0.25) is 0 Å². The minimum Gasteiger partial charge on any atom is -0.469 e. The molecule has 0 saturated carbocycles. The van der Waals surface area contributed by atoms with Gasteiger partial charge in [-0.25, -0.2) is 0 Å². The van der Waals surface area contributed by atoms with Gasteiger partial charge in [0.05, 0.1) is 30.3 Å². The molecule has 0 spiro atoms. The maximum atomic E-state index is 12.5. The van der Waals surface area contributed by atoms with Crippen molar-refractivity contribution >= 4 is 29.0 Å². The lowest BCUT2D eigenvalue weighted by Crippen LogP contribution is -2.36. The summed E-state index contributed by atoms with van der Waals surface area (Å²) in [5.41, 5.74) is 2.63. The lowest BCUT2D eigenvalue weighted by atomic mass is 10.2. The average Bonchev–Trinajstić information content (AvgIpc) is 3.37. The summed E-state index contributed by atoms with van der Waals surface area (Å²) in [7, 11) is 0. The third kappa shape index (κ3) is 4.63. The first-order valence-corrected chi connectivity index (χ1v) is 10.3. The van der Waals surface area contributed by atoms with E-state index in [1.165, 1.54) is 11.8 Å². The number of hydrogen-bond donors (Lipinski definition) is 1. The number of rotatable bonds is 6. The first-order valence-electron chi connectivity index (χ1n) is 9.38. The second-order valence-corrected chi connectivity index (χ2v) is 7.95. The number of amides is 1. The number of hydrogen-bond acceptors (Lipinski definition) is 8. The molecule has 3 aromatic rings. The van der Waals surface area contributed by atoms with E-state index in [0.29, 0.717) is 16.9 Å². The number of morpholine rings is 1. The second-order valence-electron chi connectivity index (χ2n) is 6.66. The first-order chi connectivity index (χ1) is 14.1. The molecule has 1 amide bonds. The Labute approximate surface area is 172 Å². The molecule has 9 heteroatoms. The Morgan fingerprint density at radius 3 is 2.62 bits per heavy atom. The number of benzene rings is 1. The Kier molecular flexibility index (Phi) is 5.86. The van der Waals surface area contributed by atoms with Crippen LogP contribution in [0.3, 0.4) is 0 Å². The first kappa shape index (κ1) is 19.5. The fourth-order valence-corrected chi connectivity index (χ4v) is 3.68. The van der Waals surface area contributed by atoms with Crippen molar-refractivity contribution in [3.05, 3.63) is 42.4 Å². The summed E-state index contributed by atoms with van der Waals surface area (Å²) in [4.78, 5) is 14.8. The molecule has 1 atom stereocenters. The molecule has 3 heterocycles. The van der Waals surface area contributed by atoms with Crippen molar-refractivity contribution < 1.29 is 18.4 Å². The van der Waals surface area contributed by atoms with Gasteiger partial charge in [-0.1, -0.05) is 11.8 Å². The summed E-state index contributed by atoms with van der Waals surface area (Å²) in [6.45, 7) is 6.87. The van der Waals surface area contributed by atoms with Crippen LogP contribution in [-0.2, 0) is 9.53 Å². The van der Waals surface area contributed by atoms with Gasteiger partial charge in [0.25, 0.3) is 11.1 Å². The number of nitrogens with one attached hydrogen (secondary N) is 1. The molecule has 1 aromatic carbocycles. The summed E-state index contributed by atoms with van der Waals surface area (Å²) >= 11 is 1.22. The number of anilines is 2. The average molecular weight is 414 g/mol. The molecular formula is C20H22N4O4S. The van der Waals surface area contributed by atoms with E-state index < -0.39 is 5.25 Å². The molecule has 0 unspecified atom stereocenters.